The topological polar surface area (TPSA) is 0 Å². The fourth-order valence-electron chi connectivity index (χ4n) is 0.508. The highest BCUT2D eigenvalue weighted by Gasteiger charge is 1.79. The van der Waals surface area contributed by atoms with Crippen LogP contribution in [0.1, 0.15) is 26.7 Å². The van der Waals surface area contributed by atoms with Crippen LogP contribution < -0.4 is 0 Å². The summed E-state index contributed by atoms with van der Waals surface area (Å²) in [5.41, 5.74) is 0. The van der Waals surface area contributed by atoms with E-state index < -0.39 is 0 Å². The predicted octanol–water partition coefficient (Wildman–Crippen LogP) is 3.61. The van der Waals surface area contributed by atoms with Gasteiger partial charge in [0.15, 0.2) is 0 Å². The van der Waals surface area contributed by atoms with Crippen molar-refractivity contribution < 1.29 is 0 Å². The molecule has 0 N–H and O–H groups in total. The summed E-state index contributed by atoms with van der Waals surface area (Å²) in [6, 6.07) is 0. The molecule has 0 aromatic heterocycles. The molecule has 0 unspecified atom stereocenters. The first-order valence-corrected chi connectivity index (χ1v) is 4.86. The van der Waals surface area contributed by atoms with E-state index in [1.807, 2.05) is 24.8 Å². The Hall–Kier alpha value is -0.170. The van der Waals surface area contributed by atoms with E-state index in [0.717, 1.165) is 0 Å². The monoisotopic (exact) mass is 156 g/mol. The number of unbranched alkanes of at least 4 members (excludes halogenated alkanes) is 1. The lowest BCUT2D eigenvalue weighted by molar-refractivity contribution is 0.898. The Balaban J connectivity index is 3.02. The molecular formula is C9H16S. The number of thioether (sulfide) groups is 1. The average molecular weight is 156 g/mol. The minimum absolute atomic E-state index is 1.25. The number of hydrogen-bond acceptors (Lipinski definition) is 1. The van der Waals surface area contributed by atoms with E-state index in [1.165, 1.54) is 18.6 Å². The Morgan fingerprint density at radius 1 is 1.30 bits per heavy atom. The maximum absolute atomic E-state index is 2.22. The van der Waals surface area contributed by atoms with Crippen LogP contribution in [0.2, 0.25) is 0 Å². The summed E-state index contributed by atoms with van der Waals surface area (Å²) in [7, 11) is 0. The minimum atomic E-state index is 1.25. The Morgan fingerprint density at radius 3 is 2.70 bits per heavy atom. The van der Waals surface area contributed by atoms with Gasteiger partial charge in [0.25, 0.3) is 0 Å². The largest absolute Gasteiger partial charge is 0.134 e. The normalized spacial score (nSPS) is 11.8. The lowest BCUT2D eigenvalue weighted by atomic mass is 10.4. The molecule has 0 saturated carbocycles. The minimum Gasteiger partial charge on any atom is -0.134 e. The van der Waals surface area contributed by atoms with Crippen molar-refractivity contribution in [2.45, 2.75) is 26.7 Å². The van der Waals surface area contributed by atoms with Crippen LogP contribution in [0.4, 0.5) is 0 Å². The standard InChI is InChI=1S/C9H16S/c1-3-5-7-9-10-8-6-4-2/h3,5,7,9H,4,6,8H2,1-2H3. The van der Waals surface area contributed by atoms with Gasteiger partial charge in [0.2, 0.25) is 0 Å². The first-order chi connectivity index (χ1) is 4.91. The molecule has 0 fully saturated rings. The molecule has 0 aromatic carbocycles. The summed E-state index contributed by atoms with van der Waals surface area (Å²) in [5, 5.41) is 2.15. The van der Waals surface area contributed by atoms with Crippen LogP contribution in [0.25, 0.3) is 0 Å². The predicted molar refractivity (Wildman–Crippen MR) is 51.3 cm³/mol. The summed E-state index contributed by atoms with van der Waals surface area (Å²) in [4.78, 5) is 0. The van der Waals surface area contributed by atoms with E-state index in [9.17, 15) is 0 Å². The summed E-state index contributed by atoms with van der Waals surface area (Å²) in [6.45, 7) is 4.25. The highest BCUT2D eigenvalue weighted by atomic mass is 32.2. The number of rotatable bonds is 5. The quantitative estimate of drug-likeness (QED) is 0.433. The van der Waals surface area contributed by atoms with Gasteiger partial charge >= 0.3 is 0 Å². The maximum Gasteiger partial charge on any atom is -0.00261 e. The van der Waals surface area contributed by atoms with Gasteiger partial charge in [-0.05, 0) is 24.5 Å². The van der Waals surface area contributed by atoms with Gasteiger partial charge in [-0.3, -0.25) is 0 Å². The SMILES string of the molecule is CC=CC=CSCCCC. The van der Waals surface area contributed by atoms with E-state index in [4.69, 9.17) is 0 Å². The van der Waals surface area contributed by atoms with Gasteiger partial charge in [0, 0.05) is 0 Å². The Labute approximate surface area is 68.4 Å². The van der Waals surface area contributed by atoms with Gasteiger partial charge in [-0.15, -0.1) is 11.8 Å². The summed E-state index contributed by atoms with van der Waals surface area (Å²) in [5.74, 6) is 1.25. The molecular weight excluding hydrogens is 140 g/mol. The third kappa shape index (κ3) is 7.83. The van der Waals surface area contributed by atoms with Gasteiger partial charge in [0.05, 0.1) is 0 Å². The zero-order chi connectivity index (χ0) is 7.66. The molecule has 0 radical (unpaired) electrons. The zero-order valence-corrected chi connectivity index (χ0v) is 7.66. The molecule has 0 aliphatic carbocycles. The second kappa shape index (κ2) is 8.83. The summed E-state index contributed by atoms with van der Waals surface area (Å²) in [6.07, 6.45) is 8.80. The van der Waals surface area contributed by atoms with Crippen molar-refractivity contribution in [3.05, 3.63) is 23.6 Å². The first kappa shape index (κ1) is 9.83. The Kier molecular flexibility index (Phi) is 8.68. The van der Waals surface area contributed by atoms with Crippen molar-refractivity contribution in [3.8, 4) is 0 Å². The van der Waals surface area contributed by atoms with Crippen molar-refractivity contribution in [2.75, 3.05) is 5.75 Å². The second-order valence-corrected chi connectivity index (χ2v) is 3.09. The van der Waals surface area contributed by atoms with Crippen LogP contribution in [-0.2, 0) is 0 Å². The lowest BCUT2D eigenvalue weighted by Crippen LogP contribution is -1.71. The van der Waals surface area contributed by atoms with Crippen LogP contribution >= 0.6 is 11.8 Å². The third-order valence-electron chi connectivity index (χ3n) is 1.09. The van der Waals surface area contributed by atoms with Crippen LogP contribution in [0.5, 0.6) is 0 Å². The van der Waals surface area contributed by atoms with Crippen LogP contribution in [0.3, 0.4) is 0 Å². The van der Waals surface area contributed by atoms with Gasteiger partial charge in [-0.2, -0.15) is 0 Å². The number of allylic oxidation sites excluding steroid dienone is 3. The second-order valence-electron chi connectivity index (χ2n) is 2.08. The fourth-order valence-corrected chi connectivity index (χ4v) is 1.30. The average Bonchev–Trinajstić information content (AvgIpc) is 1.97. The van der Waals surface area contributed by atoms with Crippen molar-refractivity contribution in [1.82, 2.24) is 0 Å². The molecule has 0 amide bonds. The Morgan fingerprint density at radius 2 is 2.10 bits per heavy atom. The Bertz CT molecular complexity index is 103. The first-order valence-electron chi connectivity index (χ1n) is 3.81. The third-order valence-corrected chi connectivity index (χ3v) is 1.97. The fraction of sp³-hybridized carbons (Fsp3) is 0.556. The lowest BCUT2D eigenvalue weighted by Gasteiger charge is -1.89. The number of hydrogen-bond donors (Lipinski definition) is 0. The van der Waals surface area contributed by atoms with Crippen LogP contribution in [0, 0.1) is 0 Å². The van der Waals surface area contributed by atoms with Crippen LogP contribution in [-0.4, -0.2) is 5.75 Å². The molecule has 0 atom stereocenters. The molecule has 0 saturated heterocycles. The molecule has 0 aliphatic rings. The van der Waals surface area contributed by atoms with Gasteiger partial charge in [-0.1, -0.05) is 31.6 Å². The molecule has 0 nitrogen and oxygen atoms in total. The van der Waals surface area contributed by atoms with Crippen LogP contribution in [0.15, 0.2) is 23.6 Å². The molecule has 0 spiro atoms. The van der Waals surface area contributed by atoms with Gasteiger partial charge < -0.3 is 0 Å². The molecule has 0 heterocycles. The van der Waals surface area contributed by atoms with E-state index in [1.54, 1.807) is 0 Å². The maximum atomic E-state index is 2.22. The molecule has 0 rings (SSSR count). The summed E-state index contributed by atoms with van der Waals surface area (Å²) < 4.78 is 0. The van der Waals surface area contributed by atoms with Crippen molar-refractivity contribution in [1.29, 1.82) is 0 Å². The van der Waals surface area contributed by atoms with E-state index in [-0.39, 0.29) is 0 Å². The molecule has 1 heteroatoms. The molecule has 0 aliphatic heterocycles. The van der Waals surface area contributed by atoms with Crippen molar-refractivity contribution in [3.63, 3.8) is 0 Å². The van der Waals surface area contributed by atoms with E-state index in [0.29, 0.717) is 0 Å². The summed E-state index contributed by atoms with van der Waals surface area (Å²) >= 11 is 1.89. The molecule has 10 heavy (non-hydrogen) atoms. The van der Waals surface area contributed by atoms with Crippen molar-refractivity contribution in [2.24, 2.45) is 0 Å². The highest BCUT2D eigenvalue weighted by Crippen LogP contribution is 2.05. The zero-order valence-electron chi connectivity index (χ0n) is 6.84. The van der Waals surface area contributed by atoms with Gasteiger partial charge in [-0.25, -0.2) is 0 Å². The van der Waals surface area contributed by atoms with Gasteiger partial charge in [0.1, 0.15) is 0 Å². The van der Waals surface area contributed by atoms with Crippen molar-refractivity contribution >= 4 is 11.8 Å². The van der Waals surface area contributed by atoms with E-state index >= 15 is 0 Å². The highest BCUT2D eigenvalue weighted by molar-refractivity contribution is 8.02. The molecule has 0 aromatic rings. The van der Waals surface area contributed by atoms with E-state index in [2.05, 4.69) is 24.5 Å². The molecule has 0 bridgehead atoms. The smallest absolute Gasteiger partial charge is 0.00261 e. The molecule has 58 valence electrons.